The minimum atomic E-state index is -2.59. The normalized spacial score (nSPS) is 10.3. The minimum absolute atomic E-state index is 0.0594. The van der Waals surface area contributed by atoms with E-state index in [0.717, 1.165) is 0 Å². The van der Waals surface area contributed by atoms with Gasteiger partial charge in [-0.3, -0.25) is 4.79 Å². The Morgan fingerprint density at radius 1 is 1.35 bits per heavy atom. The predicted octanol–water partition coefficient (Wildman–Crippen LogP) is 1.31. The van der Waals surface area contributed by atoms with Gasteiger partial charge in [0.25, 0.3) is 6.43 Å². The molecule has 0 fully saturated rings. The molecule has 0 heterocycles. The Labute approximate surface area is 96.3 Å². The van der Waals surface area contributed by atoms with Gasteiger partial charge >= 0.3 is 5.97 Å². The maximum atomic E-state index is 11.8. The van der Waals surface area contributed by atoms with E-state index in [1.165, 1.54) is 18.2 Å². The van der Waals surface area contributed by atoms with Crippen molar-refractivity contribution in [2.45, 2.75) is 12.8 Å². The maximum Gasteiger partial charge on any atom is 0.335 e. The zero-order chi connectivity index (χ0) is 12.8. The van der Waals surface area contributed by atoms with E-state index in [0.29, 0.717) is 5.56 Å². The molecule has 0 saturated heterocycles. The van der Waals surface area contributed by atoms with E-state index in [-0.39, 0.29) is 12.0 Å². The van der Waals surface area contributed by atoms with Gasteiger partial charge in [0.2, 0.25) is 5.91 Å². The van der Waals surface area contributed by atoms with Crippen LogP contribution < -0.4 is 5.32 Å². The van der Waals surface area contributed by atoms with E-state index in [9.17, 15) is 18.4 Å². The van der Waals surface area contributed by atoms with Crippen molar-refractivity contribution in [2.75, 3.05) is 6.54 Å². The van der Waals surface area contributed by atoms with Crippen molar-refractivity contribution in [3.8, 4) is 0 Å². The van der Waals surface area contributed by atoms with Gasteiger partial charge < -0.3 is 10.4 Å². The van der Waals surface area contributed by atoms with Crippen LogP contribution in [0.15, 0.2) is 24.3 Å². The quantitative estimate of drug-likeness (QED) is 0.819. The van der Waals surface area contributed by atoms with Crippen LogP contribution in [0.25, 0.3) is 0 Å². The Kier molecular flexibility index (Phi) is 4.56. The van der Waals surface area contributed by atoms with E-state index in [2.05, 4.69) is 0 Å². The van der Waals surface area contributed by atoms with Gasteiger partial charge in [-0.05, 0) is 17.7 Å². The number of benzene rings is 1. The van der Waals surface area contributed by atoms with E-state index in [4.69, 9.17) is 5.11 Å². The number of carbonyl (C=O) groups is 2. The molecule has 1 aromatic rings. The lowest BCUT2D eigenvalue weighted by molar-refractivity contribution is -0.121. The summed E-state index contributed by atoms with van der Waals surface area (Å²) in [6.45, 7) is -0.697. The molecule has 0 bridgehead atoms. The van der Waals surface area contributed by atoms with Gasteiger partial charge in [0.1, 0.15) is 0 Å². The monoisotopic (exact) mass is 243 g/mol. The van der Waals surface area contributed by atoms with Gasteiger partial charge in [-0.25, -0.2) is 13.6 Å². The predicted molar refractivity (Wildman–Crippen MR) is 56.1 cm³/mol. The number of aromatic carboxylic acids is 1. The van der Waals surface area contributed by atoms with Gasteiger partial charge in [-0.1, -0.05) is 12.1 Å². The van der Waals surface area contributed by atoms with Gasteiger partial charge in [0.05, 0.1) is 18.5 Å². The van der Waals surface area contributed by atoms with Gasteiger partial charge in [0.15, 0.2) is 0 Å². The van der Waals surface area contributed by atoms with Crippen LogP contribution in [-0.2, 0) is 11.2 Å². The van der Waals surface area contributed by atoms with E-state index in [1.54, 1.807) is 6.07 Å². The number of carboxylic acids is 1. The van der Waals surface area contributed by atoms with E-state index >= 15 is 0 Å². The van der Waals surface area contributed by atoms with Crippen LogP contribution in [0.5, 0.6) is 0 Å². The smallest absolute Gasteiger partial charge is 0.335 e. The lowest BCUT2D eigenvalue weighted by atomic mass is 10.1. The fourth-order valence-corrected chi connectivity index (χ4v) is 1.25. The summed E-state index contributed by atoms with van der Waals surface area (Å²) in [5.41, 5.74) is 0.529. The zero-order valence-corrected chi connectivity index (χ0v) is 8.82. The van der Waals surface area contributed by atoms with Crippen LogP contribution >= 0.6 is 0 Å². The third kappa shape index (κ3) is 4.58. The number of carboxylic acid groups (broad SMARTS) is 1. The number of hydrogen-bond donors (Lipinski definition) is 2. The van der Waals surface area contributed by atoms with Gasteiger partial charge in [-0.15, -0.1) is 0 Å². The summed E-state index contributed by atoms with van der Waals surface area (Å²) in [6.07, 6.45) is -2.71. The Balaban J connectivity index is 2.59. The molecular formula is C11H11F2NO3. The Hall–Kier alpha value is -1.98. The molecule has 92 valence electrons. The molecular weight excluding hydrogens is 232 g/mol. The number of halogens is 2. The van der Waals surface area contributed by atoms with Crippen molar-refractivity contribution in [1.82, 2.24) is 5.32 Å². The number of amides is 1. The zero-order valence-electron chi connectivity index (χ0n) is 8.82. The molecule has 0 aromatic heterocycles. The number of hydrogen-bond acceptors (Lipinski definition) is 2. The highest BCUT2D eigenvalue weighted by Crippen LogP contribution is 2.06. The van der Waals surface area contributed by atoms with Crippen molar-refractivity contribution in [3.05, 3.63) is 35.4 Å². The third-order valence-electron chi connectivity index (χ3n) is 1.99. The fraction of sp³-hybridized carbons (Fsp3) is 0.273. The number of rotatable bonds is 5. The highest BCUT2D eigenvalue weighted by molar-refractivity contribution is 5.88. The van der Waals surface area contributed by atoms with Crippen molar-refractivity contribution in [3.63, 3.8) is 0 Å². The first-order chi connectivity index (χ1) is 7.99. The van der Waals surface area contributed by atoms with Crippen molar-refractivity contribution in [1.29, 1.82) is 0 Å². The maximum absolute atomic E-state index is 11.8. The molecule has 4 nitrogen and oxygen atoms in total. The van der Waals surface area contributed by atoms with Crippen molar-refractivity contribution >= 4 is 11.9 Å². The molecule has 1 aromatic carbocycles. The second kappa shape index (κ2) is 5.93. The average Bonchev–Trinajstić information content (AvgIpc) is 2.26. The van der Waals surface area contributed by atoms with Crippen molar-refractivity contribution < 1.29 is 23.5 Å². The third-order valence-corrected chi connectivity index (χ3v) is 1.99. The lowest BCUT2D eigenvalue weighted by Gasteiger charge is -2.05. The van der Waals surface area contributed by atoms with Crippen LogP contribution in [0.3, 0.4) is 0 Å². The molecule has 1 rings (SSSR count). The highest BCUT2D eigenvalue weighted by atomic mass is 19.3. The lowest BCUT2D eigenvalue weighted by Crippen LogP contribution is -2.29. The van der Waals surface area contributed by atoms with Crippen LogP contribution in [0.4, 0.5) is 8.78 Å². The molecule has 17 heavy (non-hydrogen) atoms. The first kappa shape index (κ1) is 13.1. The average molecular weight is 243 g/mol. The second-order valence-electron chi connectivity index (χ2n) is 3.38. The van der Waals surface area contributed by atoms with Crippen LogP contribution in [0.2, 0.25) is 0 Å². The molecule has 2 N–H and O–H groups in total. The molecule has 0 aliphatic heterocycles. The first-order valence-corrected chi connectivity index (χ1v) is 4.86. The number of alkyl halides is 2. The van der Waals surface area contributed by atoms with Crippen LogP contribution in [-0.4, -0.2) is 30.0 Å². The van der Waals surface area contributed by atoms with Crippen LogP contribution in [0.1, 0.15) is 15.9 Å². The molecule has 0 spiro atoms. The van der Waals surface area contributed by atoms with E-state index in [1.807, 2.05) is 5.32 Å². The number of nitrogens with one attached hydrogen (secondary N) is 1. The summed E-state index contributed by atoms with van der Waals surface area (Å²) >= 11 is 0. The largest absolute Gasteiger partial charge is 0.478 e. The Morgan fingerprint density at radius 2 is 2.06 bits per heavy atom. The fourth-order valence-electron chi connectivity index (χ4n) is 1.25. The summed E-state index contributed by atoms with van der Waals surface area (Å²) < 4.78 is 23.6. The summed E-state index contributed by atoms with van der Waals surface area (Å²) in [4.78, 5) is 21.9. The molecule has 0 radical (unpaired) electrons. The molecule has 0 unspecified atom stereocenters. The molecule has 1 amide bonds. The molecule has 6 heteroatoms. The second-order valence-corrected chi connectivity index (χ2v) is 3.38. The summed E-state index contributed by atoms with van der Waals surface area (Å²) in [7, 11) is 0. The van der Waals surface area contributed by atoms with Crippen LogP contribution in [0, 0.1) is 0 Å². The number of carbonyl (C=O) groups excluding carboxylic acids is 1. The van der Waals surface area contributed by atoms with E-state index < -0.39 is 24.8 Å². The molecule has 0 atom stereocenters. The molecule has 0 aliphatic rings. The van der Waals surface area contributed by atoms with Gasteiger partial charge in [-0.2, -0.15) is 0 Å². The SMILES string of the molecule is O=C(Cc1cccc(C(=O)O)c1)NCC(F)F. The minimum Gasteiger partial charge on any atom is -0.478 e. The summed E-state index contributed by atoms with van der Waals surface area (Å²) in [6, 6.07) is 5.79. The Bertz CT molecular complexity index is 421. The highest BCUT2D eigenvalue weighted by Gasteiger charge is 2.09. The first-order valence-electron chi connectivity index (χ1n) is 4.86. The summed E-state index contributed by atoms with van der Waals surface area (Å²) in [5.74, 6) is -1.66. The topological polar surface area (TPSA) is 66.4 Å². The molecule has 0 aliphatic carbocycles. The molecule has 0 saturated carbocycles. The summed E-state index contributed by atoms with van der Waals surface area (Å²) in [5, 5.41) is 10.8. The Morgan fingerprint density at radius 3 is 2.65 bits per heavy atom. The van der Waals surface area contributed by atoms with Crippen molar-refractivity contribution in [2.24, 2.45) is 0 Å². The van der Waals surface area contributed by atoms with Gasteiger partial charge in [0, 0.05) is 0 Å². The standard InChI is InChI=1S/C11H11F2NO3/c12-9(13)6-14-10(15)5-7-2-1-3-8(4-7)11(16)17/h1-4,9H,5-6H2,(H,14,15)(H,16,17).